The van der Waals surface area contributed by atoms with E-state index in [1.165, 1.54) is 12.5 Å². The first-order chi connectivity index (χ1) is 10.6. The molecule has 2 aliphatic rings. The van der Waals surface area contributed by atoms with Crippen molar-refractivity contribution in [2.24, 2.45) is 11.3 Å². The third kappa shape index (κ3) is 2.52. The van der Waals surface area contributed by atoms with E-state index in [1.54, 1.807) is 13.0 Å². The van der Waals surface area contributed by atoms with Crippen LogP contribution in [0.1, 0.15) is 30.1 Å². The highest BCUT2D eigenvalue weighted by molar-refractivity contribution is 5.93. The zero-order chi connectivity index (χ0) is 15.7. The van der Waals surface area contributed by atoms with Gasteiger partial charge in [0, 0.05) is 45.6 Å². The lowest BCUT2D eigenvalue weighted by molar-refractivity contribution is -0.128. The highest BCUT2D eigenvalue weighted by Gasteiger charge is 2.48. The number of likely N-dealkylation sites (tertiary alicyclic amines) is 2. The Morgan fingerprint density at radius 3 is 2.64 bits per heavy atom. The molecule has 120 valence electrons. The average molecular weight is 306 g/mol. The Labute approximate surface area is 129 Å². The quantitative estimate of drug-likeness (QED) is 0.883. The summed E-state index contributed by atoms with van der Waals surface area (Å²) in [6.45, 7) is 4.31. The first-order valence-corrected chi connectivity index (χ1v) is 7.73. The largest absolute Gasteiger partial charge is 0.472 e. The van der Waals surface area contributed by atoms with Gasteiger partial charge in [-0.25, -0.2) is 0 Å². The Balaban J connectivity index is 1.67. The highest BCUT2D eigenvalue weighted by atomic mass is 16.3. The number of piperidine rings is 1. The maximum absolute atomic E-state index is 12.3. The maximum Gasteiger partial charge on any atom is 0.257 e. The van der Waals surface area contributed by atoms with Gasteiger partial charge in [-0.3, -0.25) is 9.59 Å². The van der Waals surface area contributed by atoms with Crippen LogP contribution in [0, 0.1) is 11.3 Å². The van der Waals surface area contributed by atoms with Crippen molar-refractivity contribution >= 4 is 11.8 Å². The summed E-state index contributed by atoms with van der Waals surface area (Å²) in [7, 11) is 0. The number of nitrogens with zero attached hydrogens (tertiary/aromatic N) is 2. The van der Waals surface area contributed by atoms with Crippen LogP contribution in [0.3, 0.4) is 0 Å². The molecular formula is C16H22N2O4. The molecule has 3 rings (SSSR count). The Bertz CT molecular complexity index is 547. The van der Waals surface area contributed by atoms with Crippen LogP contribution in [0.5, 0.6) is 0 Å². The van der Waals surface area contributed by atoms with Gasteiger partial charge in [-0.15, -0.1) is 0 Å². The molecule has 0 aliphatic carbocycles. The van der Waals surface area contributed by atoms with Crippen molar-refractivity contribution in [1.29, 1.82) is 0 Å². The van der Waals surface area contributed by atoms with E-state index in [0.29, 0.717) is 31.7 Å². The van der Waals surface area contributed by atoms with E-state index in [4.69, 9.17) is 4.42 Å². The zero-order valence-corrected chi connectivity index (χ0v) is 12.8. The van der Waals surface area contributed by atoms with Crippen LogP contribution >= 0.6 is 0 Å². The topological polar surface area (TPSA) is 74.0 Å². The lowest BCUT2D eigenvalue weighted by atomic mass is 9.71. The van der Waals surface area contributed by atoms with E-state index in [9.17, 15) is 14.7 Å². The Kier molecular flexibility index (Phi) is 3.95. The van der Waals surface area contributed by atoms with Crippen molar-refractivity contribution in [1.82, 2.24) is 9.80 Å². The van der Waals surface area contributed by atoms with E-state index >= 15 is 0 Å². The summed E-state index contributed by atoms with van der Waals surface area (Å²) in [4.78, 5) is 27.6. The van der Waals surface area contributed by atoms with Crippen LogP contribution in [0.4, 0.5) is 0 Å². The minimum absolute atomic E-state index is 0.00873. The van der Waals surface area contributed by atoms with E-state index in [0.717, 1.165) is 12.8 Å². The molecule has 22 heavy (non-hydrogen) atoms. The zero-order valence-electron chi connectivity index (χ0n) is 12.8. The summed E-state index contributed by atoms with van der Waals surface area (Å²) in [6, 6.07) is 1.68. The Morgan fingerprint density at radius 2 is 2.09 bits per heavy atom. The number of aliphatic hydroxyl groups is 1. The molecule has 0 bridgehead atoms. The average Bonchev–Trinajstić information content (AvgIpc) is 3.15. The van der Waals surface area contributed by atoms with Crippen molar-refractivity contribution in [2.75, 3.05) is 32.8 Å². The fourth-order valence-electron chi connectivity index (χ4n) is 3.81. The molecular weight excluding hydrogens is 284 g/mol. The molecule has 1 atom stereocenters. The summed E-state index contributed by atoms with van der Waals surface area (Å²) >= 11 is 0. The maximum atomic E-state index is 12.3. The number of rotatable bonds is 2. The van der Waals surface area contributed by atoms with E-state index in [1.807, 2.05) is 9.80 Å². The molecule has 1 spiro atoms. The second-order valence-corrected chi connectivity index (χ2v) is 6.45. The standard InChI is InChI=1S/C16H22N2O4/c1-12(20)18-8-14(9-19)16(11-18)3-5-17(6-4-16)15(21)13-2-7-22-10-13/h2,7,10,14,19H,3-6,8-9,11H2,1H3. The van der Waals surface area contributed by atoms with Crippen molar-refractivity contribution in [3.05, 3.63) is 24.2 Å². The van der Waals surface area contributed by atoms with Crippen LogP contribution < -0.4 is 0 Å². The monoisotopic (exact) mass is 306 g/mol. The number of aliphatic hydroxyl groups excluding tert-OH is 1. The molecule has 2 aliphatic heterocycles. The first-order valence-electron chi connectivity index (χ1n) is 7.73. The number of furan rings is 1. The lowest BCUT2D eigenvalue weighted by Gasteiger charge is -2.42. The van der Waals surface area contributed by atoms with Gasteiger partial charge in [0.25, 0.3) is 5.91 Å². The molecule has 2 fully saturated rings. The molecule has 6 heteroatoms. The second-order valence-electron chi connectivity index (χ2n) is 6.45. The van der Waals surface area contributed by atoms with E-state index in [-0.39, 0.29) is 29.8 Å². The minimum atomic E-state index is -0.0480. The van der Waals surface area contributed by atoms with Gasteiger partial charge in [-0.05, 0) is 24.3 Å². The summed E-state index contributed by atoms with van der Waals surface area (Å²) < 4.78 is 4.97. The van der Waals surface area contributed by atoms with Crippen LogP contribution in [0.15, 0.2) is 23.0 Å². The molecule has 0 aromatic carbocycles. The molecule has 3 heterocycles. The molecule has 1 aromatic rings. The summed E-state index contributed by atoms with van der Waals surface area (Å²) in [6.07, 6.45) is 4.62. The van der Waals surface area contributed by atoms with Gasteiger partial charge in [0.15, 0.2) is 0 Å². The molecule has 1 unspecified atom stereocenters. The predicted octanol–water partition coefficient (Wildman–Crippen LogP) is 0.973. The van der Waals surface area contributed by atoms with Crippen LogP contribution in [0.25, 0.3) is 0 Å². The smallest absolute Gasteiger partial charge is 0.257 e. The van der Waals surface area contributed by atoms with Gasteiger partial charge in [0.2, 0.25) is 5.91 Å². The van der Waals surface area contributed by atoms with Gasteiger partial charge < -0.3 is 19.3 Å². The fourth-order valence-corrected chi connectivity index (χ4v) is 3.81. The van der Waals surface area contributed by atoms with Gasteiger partial charge in [0.05, 0.1) is 11.8 Å². The number of hydrogen-bond acceptors (Lipinski definition) is 4. The Hall–Kier alpha value is -1.82. The summed E-state index contributed by atoms with van der Waals surface area (Å²) in [5.41, 5.74) is 0.527. The second kappa shape index (κ2) is 5.76. The third-order valence-electron chi connectivity index (χ3n) is 5.29. The third-order valence-corrected chi connectivity index (χ3v) is 5.29. The summed E-state index contributed by atoms with van der Waals surface area (Å²) in [5.74, 6) is 0.167. The molecule has 0 saturated carbocycles. The first kappa shape index (κ1) is 15.1. The van der Waals surface area contributed by atoms with Gasteiger partial charge in [-0.1, -0.05) is 0 Å². The normalized spacial score (nSPS) is 24.0. The number of carbonyl (C=O) groups excluding carboxylic acids is 2. The molecule has 2 saturated heterocycles. The van der Waals surface area contributed by atoms with Gasteiger partial charge >= 0.3 is 0 Å². The molecule has 2 amide bonds. The highest BCUT2D eigenvalue weighted by Crippen LogP contribution is 2.44. The molecule has 0 radical (unpaired) electrons. The van der Waals surface area contributed by atoms with Crippen LogP contribution in [-0.4, -0.2) is 59.5 Å². The SMILES string of the molecule is CC(=O)N1CC(CO)C2(CCN(C(=O)c3ccoc3)CC2)C1. The van der Waals surface area contributed by atoms with Crippen molar-refractivity contribution in [3.8, 4) is 0 Å². The van der Waals surface area contributed by atoms with Crippen molar-refractivity contribution in [3.63, 3.8) is 0 Å². The minimum Gasteiger partial charge on any atom is -0.472 e. The Morgan fingerprint density at radius 1 is 1.36 bits per heavy atom. The molecule has 1 aromatic heterocycles. The summed E-state index contributed by atoms with van der Waals surface area (Å²) in [5, 5.41) is 9.68. The fraction of sp³-hybridized carbons (Fsp3) is 0.625. The van der Waals surface area contributed by atoms with Crippen molar-refractivity contribution in [2.45, 2.75) is 19.8 Å². The van der Waals surface area contributed by atoms with Crippen LogP contribution in [-0.2, 0) is 4.79 Å². The van der Waals surface area contributed by atoms with Crippen LogP contribution in [0.2, 0.25) is 0 Å². The van der Waals surface area contributed by atoms with Crippen molar-refractivity contribution < 1.29 is 19.1 Å². The molecule has 6 nitrogen and oxygen atoms in total. The molecule has 1 N–H and O–H groups in total. The number of carbonyl (C=O) groups is 2. The number of hydrogen-bond donors (Lipinski definition) is 1. The lowest BCUT2D eigenvalue weighted by Crippen LogP contribution is -2.47. The predicted molar refractivity (Wildman–Crippen MR) is 79.1 cm³/mol. The van der Waals surface area contributed by atoms with E-state index in [2.05, 4.69) is 0 Å². The number of amides is 2. The van der Waals surface area contributed by atoms with E-state index < -0.39 is 0 Å². The van der Waals surface area contributed by atoms with Gasteiger partial charge in [0.1, 0.15) is 6.26 Å². The van der Waals surface area contributed by atoms with Gasteiger partial charge in [-0.2, -0.15) is 0 Å².